The SMILES string of the molecule is CC1(C)c2c3c(cc4ccccc24)OC[n+]2cc4c(ccc5ccccc54)c1c2-3.CC1(C)c2c3c(cc4ccccc24)OC[n+]2cc4ccc5ccccc5c4c1c2-3.CC1(C)c2cc3ccccc3[n+]3c2-c2c(cc4ccc5ccccc5c4c21)OC3.CC1(C)c2ccc[n+]3c2-c2c(cc4ccc5ccccc5c4c21)OC3. The Labute approximate surface area is 647 Å². The standard InChI is InChI=1S/3C27H20NO.C23H18NO/c1-27(2)20-13-17-8-4-6-10-21(17)28-15-29-22-14-18-12-11-16-7-3-5-9-19(16)23(18)25(27)24(22)26(20)28;1-27(2)24-20-10-6-4-8-17(20)13-21-23(24)26-25(27)22-18(14-28(26)15-29-21)12-11-16-7-3-5-9-19(16)22;1-27(2)24-19-10-6-4-8-17(19)13-22-23(24)26-25(27)20-12-11-16-7-3-5-9-18(16)21(20)14-28(26)15-29-22;1-23(2)17-8-5-11-24-13-25-18-12-15-10-9-14-6-3-4-7-16(14)19(15)21(23)20(18)22(17)24/h3*3-14H,15H2,1-2H3;3-12H,13H2,1-2H3/q4*+1. The third-order valence-electron chi connectivity index (χ3n) is 26.7. The number of ether oxygens (including phenoxy) is 4. The Morgan fingerprint density at radius 3 is 1.21 bits per heavy atom. The van der Waals surface area contributed by atoms with E-state index in [0.717, 1.165) is 23.0 Å². The maximum Gasteiger partial charge on any atom is 0.293 e. The zero-order valence-electron chi connectivity index (χ0n) is 63.8. The number of pyridine rings is 4. The second-order valence-corrected chi connectivity index (χ2v) is 34.1. The molecule has 27 rings (SSSR count). The maximum absolute atomic E-state index is 6.35. The van der Waals surface area contributed by atoms with Crippen LogP contribution in [0.3, 0.4) is 0 Å². The van der Waals surface area contributed by atoms with Gasteiger partial charge < -0.3 is 18.9 Å². The number of hydrogen-bond donors (Lipinski definition) is 0. The molecule has 0 radical (unpaired) electrons. The zero-order chi connectivity index (χ0) is 74.7. The molecule has 4 aliphatic carbocycles. The van der Waals surface area contributed by atoms with Crippen molar-refractivity contribution in [3.05, 3.63) is 324 Å². The Morgan fingerprint density at radius 1 is 0.241 bits per heavy atom. The molecule has 0 bridgehead atoms. The number of fused-ring (bicyclic) bond motifs is 22. The van der Waals surface area contributed by atoms with Crippen LogP contribution < -0.4 is 37.2 Å². The lowest BCUT2D eigenvalue weighted by atomic mass is 9.78. The molecule has 0 saturated heterocycles. The molecule has 19 aromatic rings. The normalized spacial score (nSPS) is 15.8. The first-order valence-electron chi connectivity index (χ1n) is 39.5. The van der Waals surface area contributed by atoms with Crippen molar-refractivity contribution in [3.63, 3.8) is 0 Å². The van der Waals surface area contributed by atoms with E-state index in [-0.39, 0.29) is 21.7 Å². The number of rotatable bonds is 0. The van der Waals surface area contributed by atoms with Gasteiger partial charge in [-0.2, -0.15) is 18.3 Å². The van der Waals surface area contributed by atoms with Crippen LogP contribution in [0.2, 0.25) is 0 Å². The van der Waals surface area contributed by atoms with Crippen LogP contribution in [0.1, 0.15) is 99.9 Å². The first-order valence-corrected chi connectivity index (χ1v) is 39.5. The number of hydrogen-bond acceptors (Lipinski definition) is 4. The van der Waals surface area contributed by atoms with Crippen molar-refractivity contribution < 1.29 is 37.2 Å². The fourth-order valence-electron chi connectivity index (χ4n) is 21.9. The molecule has 0 atom stereocenters. The maximum atomic E-state index is 6.35. The minimum absolute atomic E-state index is 0.0419. The van der Waals surface area contributed by atoms with E-state index < -0.39 is 0 Å². The number of benzene rings is 15. The summed E-state index contributed by atoms with van der Waals surface area (Å²) in [7, 11) is 0. The molecule has 0 fully saturated rings. The van der Waals surface area contributed by atoms with Gasteiger partial charge in [-0.15, -0.1) is 0 Å². The summed E-state index contributed by atoms with van der Waals surface area (Å²) in [5, 5.41) is 27.5. The van der Waals surface area contributed by atoms with Gasteiger partial charge in [0.05, 0.1) is 27.6 Å². The summed E-state index contributed by atoms with van der Waals surface area (Å²) in [4.78, 5) is 0. The molecular weight excluding hydrogens is 1370 g/mol. The predicted octanol–water partition coefficient (Wildman–Crippen LogP) is 23.2. The number of nitrogens with zero attached hydrogens (tertiary/aromatic N) is 4. The average molecular weight is 1450 g/mol. The zero-order valence-corrected chi connectivity index (χ0v) is 63.8. The molecule has 15 aromatic carbocycles. The molecule has 112 heavy (non-hydrogen) atoms. The lowest BCUT2D eigenvalue weighted by Crippen LogP contribution is -2.42. The Bertz CT molecular complexity index is 7580. The van der Waals surface area contributed by atoms with Crippen molar-refractivity contribution in [3.8, 4) is 68.0 Å². The lowest BCUT2D eigenvalue weighted by Gasteiger charge is -2.23. The summed E-state index contributed by atoms with van der Waals surface area (Å²) in [6, 6.07) is 94.7. The highest BCUT2D eigenvalue weighted by atomic mass is 16.5. The van der Waals surface area contributed by atoms with Gasteiger partial charge in [-0.25, -0.2) is 0 Å². The summed E-state index contributed by atoms with van der Waals surface area (Å²) >= 11 is 0. The first kappa shape index (κ1) is 63.8. The second-order valence-electron chi connectivity index (χ2n) is 34.1. The summed E-state index contributed by atoms with van der Waals surface area (Å²) in [5.74, 6) is 4.08. The van der Waals surface area contributed by atoms with Crippen LogP contribution in [0.15, 0.2) is 279 Å². The topological polar surface area (TPSA) is 52.4 Å². The molecular formula is C104H78N4O4+4. The number of para-hydroxylation sites is 1. The minimum Gasteiger partial charge on any atom is -0.435 e. The molecule has 0 saturated carbocycles. The van der Waals surface area contributed by atoms with E-state index in [0.29, 0.717) is 26.9 Å². The second kappa shape index (κ2) is 22.4. The molecule has 4 aliphatic heterocycles. The highest BCUT2D eigenvalue weighted by molar-refractivity contribution is 6.18. The van der Waals surface area contributed by atoms with Crippen molar-refractivity contribution in [1.82, 2.24) is 0 Å². The van der Waals surface area contributed by atoms with Gasteiger partial charge in [-0.05, 0) is 162 Å². The largest absolute Gasteiger partial charge is 0.435 e. The third kappa shape index (κ3) is 8.40. The van der Waals surface area contributed by atoms with Crippen LogP contribution in [0.5, 0.6) is 23.0 Å². The van der Waals surface area contributed by atoms with E-state index in [2.05, 4.69) is 353 Å². The Kier molecular flexibility index (Phi) is 12.7. The Hall–Kier alpha value is -13.0. The minimum atomic E-state index is -0.112. The van der Waals surface area contributed by atoms with Crippen LogP contribution in [-0.2, 0) is 48.6 Å². The van der Waals surface area contributed by atoms with E-state index >= 15 is 0 Å². The first-order chi connectivity index (χ1) is 54.6. The van der Waals surface area contributed by atoms with Gasteiger partial charge in [-0.3, -0.25) is 0 Å². The summed E-state index contributed by atoms with van der Waals surface area (Å²) in [5.41, 5.74) is 22.6. The van der Waals surface area contributed by atoms with Gasteiger partial charge in [-0.1, -0.05) is 256 Å². The fraction of sp³-hybridized carbons (Fsp3) is 0.154. The quantitative estimate of drug-likeness (QED) is 0.112. The van der Waals surface area contributed by atoms with Gasteiger partial charge in [0.25, 0.3) is 26.9 Å². The van der Waals surface area contributed by atoms with E-state index in [1.807, 2.05) is 0 Å². The van der Waals surface area contributed by atoms with Gasteiger partial charge in [0, 0.05) is 72.2 Å². The number of aromatic nitrogens is 4. The van der Waals surface area contributed by atoms with Crippen molar-refractivity contribution in [1.29, 1.82) is 0 Å². The molecule has 4 aromatic heterocycles. The molecule has 8 heteroatoms. The van der Waals surface area contributed by atoms with Crippen LogP contribution in [0, 0.1) is 0 Å². The van der Waals surface area contributed by atoms with Crippen molar-refractivity contribution in [2.24, 2.45) is 0 Å². The van der Waals surface area contributed by atoms with Gasteiger partial charge in [0.15, 0.2) is 18.6 Å². The van der Waals surface area contributed by atoms with Crippen LogP contribution in [-0.4, -0.2) is 0 Å². The smallest absolute Gasteiger partial charge is 0.293 e. The van der Waals surface area contributed by atoms with Crippen LogP contribution >= 0.6 is 0 Å². The summed E-state index contributed by atoms with van der Waals surface area (Å²) < 4.78 is 34.3. The highest BCUT2D eigenvalue weighted by Gasteiger charge is 2.52. The van der Waals surface area contributed by atoms with Gasteiger partial charge in [0.1, 0.15) is 23.0 Å². The van der Waals surface area contributed by atoms with Crippen LogP contribution in [0.25, 0.3) is 164 Å². The van der Waals surface area contributed by atoms with Crippen molar-refractivity contribution in [2.75, 3.05) is 0 Å². The van der Waals surface area contributed by atoms with Gasteiger partial charge in [0.2, 0.25) is 28.3 Å². The van der Waals surface area contributed by atoms with Gasteiger partial charge >= 0.3 is 0 Å². The Morgan fingerprint density at radius 2 is 0.634 bits per heavy atom. The monoisotopic (exact) mass is 1450 g/mol. The molecule has 8 heterocycles. The molecule has 0 unspecified atom stereocenters. The van der Waals surface area contributed by atoms with E-state index in [1.165, 1.54) is 208 Å². The third-order valence-corrected chi connectivity index (χ3v) is 26.7. The van der Waals surface area contributed by atoms with E-state index in [1.54, 1.807) is 0 Å². The predicted molar refractivity (Wildman–Crippen MR) is 452 cm³/mol. The van der Waals surface area contributed by atoms with Crippen molar-refractivity contribution in [2.45, 2.75) is 104 Å². The van der Waals surface area contributed by atoms with E-state index in [4.69, 9.17) is 18.9 Å². The molecule has 0 spiro atoms. The fourth-order valence-corrected chi connectivity index (χ4v) is 21.9. The summed E-state index contributed by atoms with van der Waals surface area (Å²) in [6.45, 7) is 21.2. The molecule has 8 nitrogen and oxygen atoms in total. The molecule has 534 valence electrons. The van der Waals surface area contributed by atoms with E-state index in [9.17, 15) is 0 Å². The average Bonchev–Trinajstić information content (AvgIpc) is 1.55. The molecule has 0 amide bonds. The lowest BCUT2D eigenvalue weighted by molar-refractivity contribution is -0.717. The molecule has 8 aliphatic rings. The Balaban J connectivity index is 0.0000000869. The van der Waals surface area contributed by atoms with Crippen molar-refractivity contribution >= 4 is 119 Å². The van der Waals surface area contributed by atoms with Crippen LogP contribution in [0.4, 0.5) is 0 Å². The summed E-state index contributed by atoms with van der Waals surface area (Å²) in [6.07, 6.45) is 6.68. The highest BCUT2D eigenvalue weighted by Crippen LogP contribution is 2.62. The molecule has 0 N–H and O–H groups in total.